The highest BCUT2D eigenvalue weighted by atomic mass is 16.4. The van der Waals surface area contributed by atoms with Crippen LogP contribution in [0, 0.1) is 11.8 Å². The summed E-state index contributed by atoms with van der Waals surface area (Å²) in [7, 11) is 0. The molecule has 0 aromatic heterocycles. The Kier molecular flexibility index (Phi) is 5.25. The van der Waals surface area contributed by atoms with Crippen molar-refractivity contribution in [2.24, 2.45) is 11.8 Å². The fraction of sp³-hybridized carbons (Fsp3) is 0.833. The zero-order chi connectivity index (χ0) is 12.8. The number of carboxylic acids is 1. The summed E-state index contributed by atoms with van der Waals surface area (Å²) in [5.41, 5.74) is 0. The van der Waals surface area contributed by atoms with Gasteiger partial charge < -0.3 is 15.7 Å². The second-order valence-corrected chi connectivity index (χ2v) is 5.00. The molecule has 0 radical (unpaired) electrons. The van der Waals surface area contributed by atoms with E-state index in [1.54, 1.807) is 0 Å². The first kappa shape index (κ1) is 13.8. The van der Waals surface area contributed by atoms with Crippen molar-refractivity contribution in [1.82, 2.24) is 10.6 Å². The first-order valence-electron chi connectivity index (χ1n) is 6.28. The highest BCUT2D eigenvalue weighted by Crippen LogP contribution is 2.29. The van der Waals surface area contributed by atoms with Crippen LogP contribution in [0.15, 0.2) is 0 Å². The van der Waals surface area contributed by atoms with E-state index in [0.717, 1.165) is 25.7 Å². The summed E-state index contributed by atoms with van der Waals surface area (Å²) in [4.78, 5) is 22.5. The Balaban J connectivity index is 2.38. The van der Waals surface area contributed by atoms with Crippen LogP contribution < -0.4 is 10.6 Å². The van der Waals surface area contributed by atoms with Gasteiger partial charge in [-0.15, -0.1) is 0 Å². The van der Waals surface area contributed by atoms with Gasteiger partial charge in [0.15, 0.2) is 0 Å². The Morgan fingerprint density at radius 3 is 2.53 bits per heavy atom. The molecule has 0 spiro atoms. The zero-order valence-electron chi connectivity index (χ0n) is 10.5. The number of rotatable bonds is 4. The highest BCUT2D eigenvalue weighted by molar-refractivity contribution is 5.74. The van der Waals surface area contributed by atoms with Crippen LogP contribution in [0.3, 0.4) is 0 Å². The third-order valence-electron chi connectivity index (χ3n) is 3.17. The molecule has 0 bridgehead atoms. The molecule has 0 heterocycles. The van der Waals surface area contributed by atoms with E-state index in [1.807, 2.05) is 13.8 Å². The molecule has 0 aliphatic heterocycles. The Hall–Kier alpha value is -1.26. The average molecular weight is 242 g/mol. The third kappa shape index (κ3) is 4.63. The minimum absolute atomic E-state index is 0.0687. The van der Waals surface area contributed by atoms with Crippen LogP contribution in [-0.4, -0.2) is 29.7 Å². The van der Waals surface area contributed by atoms with Crippen LogP contribution in [0.2, 0.25) is 0 Å². The van der Waals surface area contributed by atoms with Crippen molar-refractivity contribution in [2.45, 2.75) is 45.6 Å². The van der Waals surface area contributed by atoms with Crippen molar-refractivity contribution in [3.8, 4) is 0 Å². The molecule has 1 saturated carbocycles. The Morgan fingerprint density at radius 2 is 1.94 bits per heavy atom. The minimum Gasteiger partial charge on any atom is -0.481 e. The van der Waals surface area contributed by atoms with Gasteiger partial charge in [-0.3, -0.25) is 4.79 Å². The molecule has 0 aromatic rings. The lowest BCUT2D eigenvalue weighted by molar-refractivity contribution is -0.144. The summed E-state index contributed by atoms with van der Waals surface area (Å²) in [6, 6.07) is -0.119. The molecule has 1 rings (SSSR count). The summed E-state index contributed by atoms with van der Waals surface area (Å²) in [5.74, 6) is -0.969. The molecule has 3 N–H and O–H groups in total. The molecule has 2 unspecified atom stereocenters. The fourth-order valence-corrected chi connectivity index (χ4v) is 2.31. The predicted octanol–water partition coefficient (Wildman–Crippen LogP) is 1.58. The van der Waals surface area contributed by atoms with Gasteiger partial charge in [-0.1, -0.05) is 12.8 Å². The van der Waals surface area contributed by atoms with Gasteiger partial charge in [-0.2, -0.15) is 0 Å². The first-order valence-corrected chi connectivity index (χ1v) is 6.28. The van der Waals surface area contributed by atoms with E-state index in [9.17, 15) is 9.59 Å². The molecule has 1 aliphatic carbocycles. The zero-order valence-corrected chi connectivity index (χ0v) is 10.5. The van der Waals surface area contributed by atoms with Crippen LogP contribution in [-0.2, 0) is 4.79 Å². The lowest BCUT2D eigenvalue weighted by Gasteiger charge is -2.28. The summed E-state index contributed by atoms with van der Waals surface area (Å²) < 4.78 is 0. The molecule has 98 valence electrons. The number of nitrogens with one attached hydrogen (secondary N) is 2. The smallest absolute Gasteiger partial charge is 0.314 e. The van der Waals surface area contributed by atoms with Crippen LogP contribution in [0.4, 0.5) is 4.79 Å². The number of hydrogen-bond donors (Lipinski definition) is 3. The van der Waals surface area contributed by atoms with Gasteiger partial charge in [0.1, 0.15) is 0 Å². The van der Waals surface area contributed by atoms with Crippen molar-refractivity contribution >= 4 is 12.0 Å². The van der Waals surface area contributed by atoms with Gasteiger partial charge in [0, 0.05) is 12.6 Å². The summed E-state index contributed by atoms with van der Waals surface area (Å²) in [6.07, 6.45) is 3.65. The van der Waals surface area contributed by atoms with E-state index in [2.05, 4.69) is 10.6 Å². The Bertz CT molecular complexity index is 279. The SMILES string of the molecule is CC(C)NC(=O)NCC1CCCCC1C(=O)O. The summed E-state index contributed by atoms with van der Waals surface area (Å²) in [6.45, 7) is 4.23. The second kappa shape index (κ2) is 6.47. The van der Waals surface area contributed by atoms with Gasteiger partial charge in [-0.25, -0.2) is 4.79 Å². The van der Waals surface area contributed by atoms with Crippen LogP contribution >= 0.6 is 0 Å². The third-order valence-corrected chi connectivity index (χ3v) is 3.17. The van der Waals surface area contributed by atoms with Gasteiger partial charge in [-0.05, 0) is 32.6 Å². The second-order valence-electron chi connectivity index (χ2n) is 5.00. The van der Waals surface area contributed by atoms with Crippen molar-refractivity contribution < 1.29 is 14.7 Å². The molecule has 5 heteroatoms. The lowest BCUT2D eigenvalue weighted by atomic mass is 9.79. The maximum Gasteiger partial charge on any atom is 0.314 e. The molecule has 0 saturated heterocycles. The van der Waals surface area contributed by atoms with Crippen LogP contribution in [0.1, 0.15) is 39.5 Å². The van der Waals surface area contributed by atoms with E-state index in [-0.39, 0.29) is 23.9 Å². The number of hydrogen-bond acceptors (Lipinski definition) is 2. The van der Waals surface area contributed by atoms with E-state index in [1.165, 1.54) is 0 Å². The van der Waals surface area contributed by atoms with Crippen molar-refractivity contribution in [3.05, 3.63) is 0 Å². The molecule has 2 atom stereocenters. The standard InChI is InChI=1S/C12H22N2O3/c1-8(2)14-12(17)13-7-9-5-3-4-6-10(9)11(15)16/h8-10H,3-7H2,1-2H3,(H,15,16)(H2,13,14,17). The van der Waals surface area contributed by atoms with Crippen molar-refractivity contribution in [1.29, 1.82) is 0 Å². The van der Waals surface area contributed by atoms with Crippen molar-refractivity contribution in [2.75, 3.05) is 6.54 Å². The maximum absolute atomic E-state index is 11.4. The number of urea groups is 1. The lowest BCUT2D eigenvalue weighted by Crippen LogP contribution is -2.43. The highest BCUT2D eigenvalue weighted by Gasteiger charge is 2.30. The first-order chi connectivity index (χ1) is 8.00. The van der Waals surface area contributed by atoms with Crippen molar-refractivity contribution in [3.63, 3.8) is 0 Å². The number of carbonyl (C=O) groups excluding carboxylic acids is 1. The Labute approximate surface area is 102 Å². The molecule has 1 aliphatic rings. The number of aliphatic carboxylic acids is 1. The topological polar surface area (TPSA) is 78.4 Å². The number of carboxylic acid groups (broad SMARTS) is 1. The fourth-order valence-electron chi connectivity index (χ4n) is 2.31. The molecular weight excluding hydrogens is 220 g/mol. The van der Waals surface area contributed by atoms with Crippen LogP contribution in [0.5, 0.6) is 0 Å². The van der Waals surface area contributed by atoms with Crippen LogP contribution in [0.25, 0.3) is 0 Å². The molecule has 17 heavy (non-hydrogen) atoms. The quantitative estimate of drug-likeness (QED) is 0.700. The number of amides is 2. The van der Waals surface area contributed by atoms with E-state index in [4.69, 9.17) is 5.11 Å². The van der Waals surface area contributed by atoms with Gasteiger partial charge in [0.2, 0.25) is 0 Å². The maximum atomic E-state index is 11.4. The Morgan fingerprint density at radius 1 is 1.29 bits per heavy atom. The predicted molar refractivity (Wildman–Crippen MR) is 64.8 cm³/mol. The monoisotopic (exact) mass is 242 g/mol. The van der Waals surface area contributed by atoms with E-state index in [0.29, 0.717) is 6.54 Å². The average Bonchev–Trinajstić information content (AvgIpc) is 2.25. The molecule has 1 fully saturated rings. The summed E-state index contributed by atoms with van der Waals surface area (Å²) in [5, 5.41) is 14.6. The molecule has 2 amide bonds. The van der Waals surface area contributed by atoms with E-state index >= 15 is 0 Å². The molecule has 0 aromatic carbocycles. The van der Waals surface area contributed by atoms with E-state index < -0.39 is 5.97 Å². The van der Waals surface area contributed by atoms with Gasteiger partial charge in [0.05, 0.1) is 5.92 Å². The normalized spacial score (nSPS) is 24.4. The molecule has 5 nitrogen and oxygen atoms in total. The largest absolute Gasteiger partial charge is 0.481 e. The van der Waals surface area contributed by atoms with Gasteiger partial charge >= 0.3 is 12.0 Å². The molecular formula is C12H22N2O3. The minimum atomic E-state index is -0.735. The number of carbonyl (C=O) groups is 2. The summed E-state index contributed by atoms with van der Waals surface area (Å²) >= 11 is 0. The van der Waals surface area contributed by atoms with Gasteiger partial charge in [0.25, 0.3) is 0 Å².